The van der Waals surface area contributed by atoms with E-state index in [1.54, 1.807) is 26.4 Å². The van der Waals surface area contributed by atoms with Gasteiger partial charge in [0.2, 0.25) is 0 Å². The predicted octanol–water partition coefficient (Wildman–Crippen LogP) is 1.52. The number of hydrogen-bond donors (Lipinski definition) is 1. The average Bonchev–Trinajstić information content (AvgIpc) is 2.84. The summed E-state index contributed by atoms with van der Waals surface area (Å²) in [5.74, 6) is -0.111. The molecule has 1 heterocycles. The van der Waals surface area contributed by atoms with Gasteiger partial charge in [0.05, 0.1) is 5.60 Å². The molecule has 0 unspecified atom stereocenters. The number of rotatable bonds is 4. The number of carbonyl (C=O) groups is 1. The normalized spacial score (nSPS) is 17.0. The molecule has 2 rings (SSSR count). The van der Waals surface area contributed by atoms with E-state index in [2.05, 4.69) is 4.98 Å². The molecule has 1 aliphatic carbocycles. The summed E-state index contributed by atoms with van der Waals surface area (Å²) in [6, 6.07) is 3.64. The van der Waals surface area contributed by atoms with Gasteiger partial charge in [0.25, 0.3) is 5.91 Å². The third kappa shape index (κ3) is 3.28. The van der Waals surface area contributed by atoms with Gasteiger partial charge < -0.3 is 14.9 Å². The molecule has 1 fully saturated rings. The monoisotopic (exact) mass is 277 g/mol. The Morgan fingerprint density at radius 3 is 2.60 bits per heavy atom. The molecule has 1 amide bonds. The summed E-state index contributed by atoms with van der Waals surface area (Å²) in [6.07, 6.45) is 5.52. The molecule has 0 bridgehead atoms. The molecular formula is C15H23N3O2. The van der Waals surface area contributed by atoms with E-state index < -0.39 is 5.60 Å². The van der Waals surface area contributed by atoms with Crippen molar-refractivity contribution in [2.45, 2.75) is 31.3 Å². The highest BCUT2D eigenvalue weighted by Gasteiger charge is 2.32. The van der Waals surface area contributed by atoms with Crippen LogP contribution in [0.5, 0.6) is 0 Å². The number of anilines is 1. The van der Waals surface area contributed by atoms with Crippen LogP contribution in [0.25, 0.3) is 0 Å². The average molecular weight is 277 g/mol. The minimum Gasteiger partial charge on any atom is -0.388 e. The molecule has 1 aliphatic rings. The van der Waals surface area contributed by atoms with Crippen LogP contribution >= 0.6 is 0 Å². The van der Waals surface area contributed by atoms with E-state index in [9.17, 15) is 9.90 Å². The van der Waals surface area contributed by atoms with E-state index >= 15 is 0 Å². The molecule has 5 nitrogen and oxygen atoms in total. The van der Waals surface area contributed by atoms with Crippen molar-refractivity contribution in [1.82, 2.24) is 9.88 Å². The minimum absolute atomic E-state index is 0.111. The van der Waals surface area contributed by atoms with Gasteiger partial charge in [-0.05, 0) is 25.0 Å². The van der Waals surface area contributed by atoms with Crippen LogP contribution in [0.1, 0.15) is 36.2 Å². The van der Waals surface area contributed by atoms with Crippen molar-refractivity contribution >= 4 is 11.6 Å². The second-order valence-corrected chi connectivity index (χ2v) is 5.89. The van der Waals surface area contributed by atoms with Crippen LogP contribution in [0.4, 0.5) is 5.69 Å². The first kappa shape index (κ1) is 14.8. The number of aliphatic hydroxyl groups is 1. The van der Waals surface area contributed by atoms with E-state index in [1.807, 2.05) is 18.0 Å². The standard InChI is InChI=1S/C15H23N3O2/c1-17(2)14(19)13-10-12(6-9-16-13)18(3)11-15(20)7-4-5-8-15/h6,9-10,20H,4-5,7-8,11H2,1-3H3. The van der Waals surface area contributed by atoms with Crippen molar-refractivity contribution in [2.75, 3.05) is 32.6 Å². The summed E-state index contributed by atoms with van der Waals surface area (Å²) in [4.78, 5) is 19.5. The molecule has 0 saturated heterocycles. The van der Waals surface area contributed by atoms with Crippen LogP contribution < -0.4 is 4.90 Å². The Hall–Kier alpha value is -1.62. The summed E-state index contributed by atoms with van der Waals surface area (Å²) >= 11 is 0. The molecular weight excluding hydrogens is 254 g/mol. The summed E-state index contributed by atoms with van der Waals surface area (Å²) in [6.45, 7) is 0.590. The molecule has 0 aromatic carbocycles. The number of amides is 1. The number of likely N-dealkylation sites (N-methyl/N-ethyl adjacent to an activating group) is 1. The van der Waals surface area contributed by atoms with Gasteiger partial charge in [-0.2, -0.15) is 0 Å². The van der Waals surface area contributed by atoms with Crippen molar-refractivity contribution in [3.8, 4) is 0 Å². The van der Waals surface area contributed by atoms with Crippen LogP contribution in [0, 0.1) is 0 Å². The largest absolute Gasteiger partial charge is 0.388 e. The van der Waals surface area contributed by atoms with Gasteiger partial charge in [-0.3, -0.25) is 9.78 Å². The molecule has 1 aromatic rings. The summed E-state index contributed by atoms with van der Waals surface area (Å²) < 4.78 is 0. The molecule has 5 heteroatoms. The quantitative estimate of drug-likeness (QED) is 0.906. The van der Waals surface area contributed by atoms with E-state index in [0.29, 0.717) is 12.2 Å². The Kier molecular flexibility index (Phi) is 4.28. The molecule has 0 aliphatic heterocycles. The van der Waals surface area contributed by atoms with Crippen LogP contribution in [-0.2, 0) is 0 Å². The van der Waals surface area contributed by atoms with E-state index in [4.69, 9.17) is 0 Å². The third-order valence-corrected chi connectivity index (χ3v) is 3.88. The lowest BCUT2D eigenvalue weighted by Crippen LogP contribution is -2.39. The lowest BCUT2D eigenvalue weighted by atomic mass is 10.0. The zero-order chi connectivity index (χ0) is 14.8. The van der Waals surface area contributed by atoms with Crippen molar-refractivity contribution in [3.05, 3.63) is 24.0 Å². The maximum atomic E-state index is 11.9. The van der Waals surface area contributed by atoms with Crippen LogP contribution in [0.2, 0.25) is 0 Å². The first-order chi connectivity index (χ1) is 9.41. The van der Waals surface area contributed by atoms with Gasteiger partial charge in [-0.15, -0.1) is 0 Å². The first-order valence-corrected chi connectivity index (χ1v) is 7.02. The van der Waals surface area contributed by atoms with Gasteiger partial charge in [-0.25, -0.2) is 0 Å². The predicted molar refractivity (Wildman–Crippen MR) is 78.9 cm³/mol. The maximum Gasteiger partial charge on any atom is 0.272 e. The van der Waals surface area contributed by atoms with Crippen molar-refractivity contribution in [2.24, 2.45) is 0 Å². The molecule has 1 aromatic heterocycles. The Balaban J connectivity index is 2.12. The highest BCUT2D eigenvalue weighted by atomic mass is 16.3. The van der Waals surface area contributed by atoms with Gasteiger partial charge >= 0.3 is 0 Å². The third-order valence-electron chi connectivity index (χ3n) is 3.88. The molecule has 0 atom stereocenters. The van der Waals surface area contributed by atoms with Crippen molar-refractivity contribution in [3.63, 3.8) is 0 Å². The van der Waals surface area contributed by atoms with Gasteiger partial charge in [0.15, 0.2) is 0 Å². The molecule has 20 heavy (non-hydrogen) atoms. The topological polar surface area (TPSA) is 56.7 Å². The maximum absolute atomic E-state index is 11.9. The molecule has 0 spiro atoms. The zero-order valence-corrected chi connectivity index (χ0v) is 12.5. The molecule has 0 radical (unpaired) electrons. The van der Waals surface area contributed by atoms with Crippen LogP contribution in [0.3, 0.4) is 0 Å². The fourth-order valence-electron chi connectivity index (χ4n) is 2.73. The fourth-order valence-corrected chi connectivity index (χ4v) is 2.73. The smallest absolute Gasteiger partial charge is 0.272 e. The van der Waals surface area contributed by atoms with Crippen molar-refractivity contribution in [1.29, 1.82) is 0 Å². The van der Waals surface area contributed by atoms with E-state index in [-0.39, 0.29) is 5.91 Å². The number of aromatic nitrogens is 1. The number of hydrogen-bond acceptors (Lipinski definition) is 4. The Bertz CT molecular complexity index is 482. The number of carbonyl (C=O) groups excluding carboxylic acids is 1. The molecule has 1 saturated carbocycles. The van der Waals surface area contributed by atoms with Gasteiger partial charge in [0.1, 0.15) is 5.69 Å². The number of pyridine rings is 1. The highest BCUT2D eigenvalue weighted by Crippen LogP contribution is 2.31. The van der Waals surface area contributed by atoms with Crippen LogP contribution in [-0.4, -0.2) is 54.2 Å². The Morgan fingerprint density at radius 1 is 1.35 bits per heavy atom. The lowest BCUT2D eigenvalue weighted by Gasteiger charge is -2.30. The SMILES string of the molecule is CN(C)C(=O)c1cc(N(C)CC2(O)CCCC2)ccn1. The Labute approximate surface area is 120 Å². The van der Waals surface area contributed by atoms with Gasteiger partial charge in [0, 0.05) is 39.6 Å². The first-order valence-electron chi connectivity index (χ1n) is 7.02. The van der Waals surface area contributed by atoms with E-state index in [0.717, 1.165) is 31.4 Å². The second kappa shape index (κ2) is 5.79. The van der Waals surface area contributed by atoms with Crippen molar-refractivity contribution < 1.29 is 9.90 Å². The minimum atomic E-state index is -0.594. The van der Waals surface area contributed by atoms with Gasteiger partial charge in [-0.1, -0.05) is 12.8 Å². The summed E-state index contributed by atoms with van der Waals surface area (Å²) in [5.41, 5.74) is 0.743. The summed E-state index contributed by atoms with van der Waals surface area (Å²) in [5, 5.41) is 10.5. The highest BCUT2D eigenvalue weighted by molar-refractivity contribution is 5.92. The van der Waals surface area contributed by atoms with Crippen LogP contribution in [0.15, 0.2) is 18.3 Å². The summed E-state index contributed by atoms with van der Waals surface area (Å²) in [7, 11) is 5.36. The zero-order valence-electron chi connectivity index (χ0n) is 12.5. The Morgan fingerprint density at radius 2 is 2.00 bits per heavy atom. The fraction of sp³-hybridized carbons (Fsp3) is 0.600. The lowest BCUT2D eigenvalue weighted by molar-refractivity contribution is 0.0559. The van der Waals surface area contributed by atoms with E-state index in [1.165, 1.54) is 4.90 Å². The molecule has 1 N–H and O–H groups in total. The second-order valence-electron chi connectivity index (χ2n) is 5.89. The number of nitrogens with zero attached hydrogens (tertiary/aromatic N) is 3. The molecule has 110 valence electrons.